The van der Waals surface area contributed by atoms with E-state index in [0.717, 1.165) is 11.1 Å². The Kier molecular flexibility index (Phi) is 4.99. The molecule has 1 aromatic heterocycles. The molecule has 1 amide bonds. The molecule has 5 heteroatoms. The van der Waals surface area contributed by atoms with Crippen molar-refractivity contribution in [1.29, 1.82) is 0 Å². The number of amides is 1. The Morgan fingerprint density at radius 3 is 2.35 bits per heavy atom. The van der Waals surface area contributed by atoms with Gasteiger partial charge in [-0.3, -0.25) is 4.79 Å². The lowest BCUT2D eigenvalue weighted by molar-refractivity contribution is -0.132. The van der Waals surface area contributed by atoms with Gasteiger partial charge in [-0.05, 0) is 36.8 Å². The summed E-state index contributed by atoms with van der Waals surface area (Å²) in [6.07, 6.45) is 1.30. The van der Waals surface area contributed by atoms with Gasteiger partial charge >= 0.3 is 5.97 Å². The van der Waals surface area contributed by atoms with Gasteiger partial charge in [0, 0.05) is 17.2 Å². The zero-order valence-electron chi connectivity index (χ0n) is 14.1. The van der Waals surface area contributed by atoms with Crippen molar-refractivity contribution < 1.29 is 19.1 Å². The van der Waals surface area contributed by atoms with Crippen LogP contribution in [0.4, 0.5) is 0 Å². The minimum absolute atomic E-state index is 0.260. The van der Waals surface area contributed by atoms with Gasteiger partial charge in [-0.15, -0.1) is 0 Å². The summed E-state index contributed by atoms with van der Waals surface area (Å²) in [5.74, 6) is -0.768. The van der Waals surface area contributed by atoms with Crippen LogP contribution in [0.3, 0.4) is 0 Å². The fourth-order valence-electron chi connectivity index (χ4n) is 2.50. The lowest BCUT2D eigenvalue weighted by atomic mass is 10.1. The summed E-state index contributed by atoms with van der Waals surface area (Å²) in [4.78, 5) is 23.7. The molecule has 0 saturated carbocycles. The van der Waals surface area contributed by atoms with Crippen molar-refractivity contribution in [2.45, 2.75) is 6.92 Å². The van der Waals surface area contributed by atoms with E-state index >= 15 is 0 Å². The molecule has 0 radical (unpaired) electrons. The van der Waals surface area contributed by atoms with Gasteiger partial charge in [-0.2, -0.15) is 0 Å². The molecular weight excluding hydrogens is 330 g/mol. The maximum Gasteiger partial charge on any atom is 0.352 e. The van der Waals surface area contributed by atoms with Crippen molar-refractivity contribution in [1.82, 2.24) is 5.32 Å². The molecule has 2 aromatic carbocycles. The number of aryl methyl sites for hydroxylation is 1. The van der Waals surface area contributed by atoms with Crippen molar-refractivity contribution in [2.24, 2.45) is 0 Å². The van der Waals surface area contributed by atoms with Crippen molar-refractivity contribution in [3.05, 3.63) is 89.3 Å². The van der Waals surface area contributed by atoms with Crippen LogP contribution >= 0.6 is 0 Å². The Balaban J connectivity index is 1.85. The first-order valence-corrected chi connectivity index (χ1v) is 8.02. The van der Waals surface area contributed by atoms with Gasteiger partial charge in [0.25, 0.3) is 5.91 Å². The zero-order chi connectivity index (χ0) is 18.5. The third kappa shape index (κ3) is 3.89. The van der Waals surface area contributed by atoms with Gasteiger partial charge in [0.15, 0.2) is 0 Å². The second-order valence-corrected chi connectivity index (χ2v) is 5.70. The highest BCUT2D eigenvalue weighted by molar-refractivity contribution is 6.02. The van der Waals surface area contributed by atoms with Crippen LogP contribution in [0.2, 0.25) is 0 Å². The minimum atomic E-state index is -1.25. The van der Waals surface area contributed by atoms with E-state index in [1.807, 2.05) is 31.2 Å². The Labute approximate surface area is 150 Å². The number of furan rings is 1. The number of rotatable bonds is 5. The third-order valence-electron chi connectivity index (χ3n) is 3.84. The minimum Gasteiger partial charge on any atom is -0.477 e. The normalized spacial score (nSPS) is 11.2. The number of carbonyl (C=O) groups is 2. The lowest BCUT2D eigenvalue weighted by Crippen LogP contribution is -2.27. The van der Waals surface area contributed by atoms with E-state index in [2.05, 4.69) is 5.32 Å². The molecule has 1 heterocycles. The highest BCUT2D eigenvalue weighted by Gasteiger charge is 2.14. The largest absolute Gasteiger partial charge is 0.477 e. The summed E-state index contributed by atoms with van der Waals surface area (Å²) < 4.78 is 5.73. The first-order valence-electron chi connectivity index (χ1n) is 8.02. The molecule has 2 N–H and O–H groups in total. The third-order valence-corrected chi connectivity index (χ3v) is 3.84. The standard InChI is InChI=1S/C21H17NO4/c1-14-7-5-6-10-17(14)19-12-11-16(26-19)13-18(21(24)25)22-20(23)15-8-3-2-4-9-15/h2-13H,1H3,(H,22,23)(H,24,25). The number of benzene rings is 2. The van der Waals surface area contributed by atoms with E-state index in [4.69, 9.17) is 4.42 Å². The number of aliphatic carboxylic acids is 1. The maximum absolute atomic E-state index is 12.2. The van der Waals surface area contributed by atoms with Crippen LogP contribution in [0, 0.1) is 6.92 Å². The molecule has 0 fully saturated rings. The average molecular weight is 347 g/mol. The molecule has 0 spiro atoms. The number of carboxylic acids is 1. The first kappa shape index (κ1) is 17.2. The van der Waals surface area contributed by atoms with E-state index in [-0.39, 0.29) is 5.70 Å². The molecular formula is C21H17NO4. The summed E-state index contributed by atoms with van der Waals surface area (Å²) >= 11 is 0. The Morgan fingerprint density at radius 2 is 1.65 bits per heavy atom. The molecule has 0 atom stereocenters. The van der Waals surface area contributed by atoms with Crippen molar-refractivity contribution >= 4 is 18.0 Å². The molecule has 3 aromatic rings. The van der Waals surface area contributed by atoms with Crippen LogP contribution in [-0.2, 0) is 4.79 Å². The van der Waals surface area contributed by atoms with Crippen LogP contribution in [0.15, 0.2) is 76.8 Å². The van der Waals surface area contributed by atoms with Gasteiger partial charge in [-0.25, -0.2) is 4.79 Å². The maximum atomic E-state index is 12.2. The number of hydrogen-bond acceptors (Lipinski definition) is 3. The fraction of sp³-hybridized carbons (Fsp3) is 0.0476. The molecule has 0 unspecified atom stereocenters. The number of hydrogen-bond donors (Lipinski definition) is 2. The van der Waals surface area contributed by atoms with Gasteiger partial charge in [-0.1, -0.05) is 42.5 Å². The Morgan fingerprint density at radius 1 is 0.962 bits per heavy atom. The first-order chi connectivity index (χ1) is 12.5. The lowest BCUT2D eigenvalue weighted by Gasteiger charge is -2.05. The van der Waals surface area contributed by atoms with Crippen LogP contribution in [0.25, 0.3) is 17.4 Å². The van der Waals surface area contributed by atoms with Crippen molar-refractivity contribution in [3.63, 3.8) is 0 Å². The second kappa shape index (κ2) is 7.53. The molecule has 0 aliphatic heterocycles. The number of nitrogens with one attached hydrogen (secondary N) is 1. The fourth-order valence-corrected chi connectivity index (χ4v) is 2.50. The van der Waals surface area contributed by atoms with Crippen LogP contribution in [0.5, 0.6) is 0 Å². The van der Waals surface area contributed by atoms with E-state index in [1.165, 1.54) is 6.08 Å². The van der Waals surface area contributed by atoms with E-state index in [1.54, 1.807) is 42.5 Å². The molecule has 26 heavy (non-hydrogen) atoms. The van der Waals surface area contributed by atoms with Crippen LogP contribution < -0.4 is 5.32 Å². The van der Waals surface area contributed by atoms with Gasteiger partial charge in [0.05, 0.1) is 0 Å². The Hall–Kier alpha value is -3.60. The molecule has 3 rings (SSSR count). The molecule has 0 bridgehead atoms. The summed E-state index contributed by atoms with van der Waals surface area (Å²) in [7, 11) is 0. The van der Waals surface area contributed by atoms with Crippen molar-refractivity contribution in [3.8, 4) is 11.3 Å². The number of carbonyl (C=O) groups excluding carboxylic acids is 1. The highest BCUT2D eigenvalue weighted by Crippen LogP contribution is 2.26. The molecule has 0 saturated heterocycles. The number of carboxylic acid groups (broad SMARTS) is 1. The smallest absolute Gasteiger partial charge is 0.352 e. The van der Waals surface area contributed by atoms with Crippen molar-refractivity contribution in [2.75, 3.05) is 0 Å². The van der Waals surface area contributed by atoms with Crippen LogP contribution in [-0.4, -0.2) is 17.0 Å². The van der Waals surface area contributed by atoms with Crippen LogP contribution in [0.1, 0.15) is 21.7 Å². The molecule has 0 aliphatic rings. The van der Waals surface area contributed by atoms with Gasteiger partial charge in [0.1, 0.15) is 17.2 Å². The van der Waals surface area contributed by atoms with Gasteiger partial charge in [0.2, 0.25) is 0 Å². The molecule has 5 nitrogen and oxygen atoms in total. The van der Waals surface area contributed by atoms with E-state index in [9.17, 15) is 14.7 Å². The van der Waals surface area contributed by atoms with Gasteiger partial charge < -0.3 is 14.8 Å². The molecule has 0 aliphatic carbocycles. The average Bonchev–Trinajstić information content (AvgIpc) is 3.10. The highest BCUT2D eigenvalue weighted by atomic mass is 16.4. The van der Waals surface area contributed by atoms with E-state index < -0.39 is 11.9 Å². The summed E-state index contributed by atoms with van der Waals surface area (Å²) in [5.41, 5.74) is 2.09. The van der Waals surface area contributed by atoms with E-state index in [0.29, 0.717) is 17.1 Å². The monoisotopic (exact) mass is 347 g/mol. The topological polar surface area (TPSA) is 79.5 Å². The predicted octanol–water partition coefficient (Wildman–Crippen LogP) is 4.11. The quantitative estimate of drug-likeness (QED) is 0.681. The Bertz CT molecular complexity index is 970. The second-order valence-electron chi connectivity index (χ2n) is 5.70. The zero-order valence-corrected chi connectivity index (χ0v) is 14.1. The summed E-state index contributed by atoms with van der Waals surface area (Å²) in [6, 6.07) is 19.6. The SMILES string of the molecule is Cc1ccccc1-c1ccc(C=C(NC(=O)c2ccccc2)C(=O)O)o1. The summed E-state index contributed by atoms with van der Waals surface area (Å²) in [6.45, 7) is 1.97. The molecule has 130 valence electrons. The summed E-state index contributed by atoms with van der Waals surface area (Å²) in [5, 5.41) is 11.8. The predicted molar refractivity (Wildman–Crippen MR) is 98.4 cm³/mol.